The lowest BCUT2D eigenvalue weighted by Crippen LogP contribution is -2.43. The van der Waals surface area contributed by atoms with Crippen LogP contribution in [-0.4, -0.2) is 19.5 Å². The van der Waals surface area contributed by atoms with Crippen molar-refractivity contribution in [2.24, 2.45) is 0 Å². The molecule has 0 spiro atoms. The fourth-order valence-electron chi connectivity index (χ4n) is 2.84. The van der Waals surface area contributed by atoms with E-state index < -0.39 is 0 Å². The second-order valence-electron chi connectivity index (χ2n) is 4.91. The molecule has 0 bridgehead atoms. The highest BCUT2D eigenvalue weighted by Gasteiger charge is 2.24. The molecule has 1 saturated heterocycles. The van der Waals surface area contributed by atoms with Crippen LogP contribution in [0.1, 0.15) is 36.4 Å². The van der Waals surface area contributed by atoms with Gasteiger partial charge in [0.2, 0.25) is 0 Å². The smallest absolute Gasteiger partial charge is 0.0977 e. The average molecular weight is 232 g/mol. The lowest BCUT2D eigenvalue weighted by atomic mass is 10.1. The summed E-state index contributed by atoms with van der Waals surface area (Å²) in [5.74, 6) is 0. The summed E-state index contributed by atoms with van der Waals surface area (Å²) in [6, 6.07) is 9.30. The minimum atomic E-state index is 0.397. The van der Waals surface area contributed by atoms with E-state index in [1.807, 2.05) is 0 Å². The van der Waals surface area contributed by atoms with Crippen molar-refractivity contribution in [2.75, 3.05) is 13.3 Å². The zero-order valence-corrected chi connectivity index (χ0v) is 10.1. The lowest BCUT2D eigenvalue weighted by molar-refractivity contribution is 0.125. The van der Waals surface area contributed by atoms with E-state index in [1.54, 1.807) is 0 Å². The SMILES string of the molecule is c1ccc2c(c1)CCC2NC1CCCOCN1. The van der Waals surface area contributed by atoms with Gasteiger partial charge in [0.05, 0.1) is 12.9 Å². The summed E-state index contributed by atoms with van der Waals surface area (Å²) in [5.41, 5.74) is 2.99. The summed E-state index contributed by atoms with van der Waals surface area (Å²) in [7, 11) is 0. The van der Waals surface area contributed by atoms with Gasteiger partial charge in [-0.25, -0.2) is 0 Å². The van der Waals surface area contributed by atoms with Crippen molar-refractivity contribution in [2.45, 2.75) is 37.9 Å². The molecule has 3 rings (SSSR count). The average Bonchev–Trinajstić information content (AvgIpc) is 2.59. The molecule has 2 N–H and O–H groups in total. The second kappa shape index (κ2) is 5.17. The van der Waals surface area contributed by atoms with Crippen molar-refractivity contribution in [1.29, 1.82) is 0 Å². The van der Waals surface area contributed by atoms with Crippen LogP contribution in [0.2, 0.25) is 0 Å². The monoisotopic (exact) mass is 232 g/mol. The maximum Gasteiger partial charge on any atom is 0.0977 e. The van der Waals surface area contributed by atoms with Crippen molar-refractivity contribution in [3.8, 4) is 0 Å². The Hall–Kier alpha value is -0.900. The Balaban J connectivity index is 1.66. The van der Waals surface area contributed by atoms with Crippen LogP contribution in [0.3, 0.4) is 0 Å². The zero-order valence-electron chi connectivity index (χ0n) is 10.1. The number of hydrogen-bond acceptors (Lipinski definition) is 3. The summed E-state index contributed by atoms with van der Waals surface area (Å²) in [4.78, 5) is 0. The van der Waals surface area contributed by atoms with Crippen LogP contribution in [0.5, 0.6) is 0 Å². The number of hydrogen-bond donors (Lipinski definition) is 2. The third kappa shape index (κ3) is 2.51. The topological polar surface area (TPSA) is 33.3 Å². The highest BCUT2D eigenvalue weighted by atomic mass is 16.5. The van der Waals surface area contributed by atoms with Crippen LogP contribution in [0, 0.1) is 0 Å². The van der Waals surface area contributed by atoms with Crippen LogP contribution < -0.4 is 10.6 Å². The molecule has 0 aromatic heterocycles. The molecule has 2 unspecified atom stereocenters. The van der Waals surface area contributed by atoms with E-state index in [0.717, 1.165) is 19.4 Å². The molecule has 1 aliphatic carbocycles. The molecular weight excluding hydrogens is 212 g/mol. The van der Waals surface area contributed by atoms with Gasteiger partial charge in [0.1, 0.15) is 0 Å². The Morgan fingerprint density at radius 3 is 3.18 bits per heavy atom. The summed E-state index contributed by atoms with van der Waals surface area (Å²) < 4.78 is 5.41. The Labute approximate surface area is 103 Å². The standard InChI is InChI=1S/C14H20N2O/c1-2-5-12-11(4-1)7-8-13(12)16-14-6-3-9-17-10-15-14/h1-2,4-5,13-16H,3,6-10H2. The second-order valence-corrected chi connectivity index (χ2v) is 4.91. The van der Waals surface area contributed by atoms with E-state index in [0.29, 0.717) is 18.9 Å². The van der Waals surface area contributed by atoms with Crippen molar-refractivity contribution >= 4 is 0 Å². The maximum atomic E-state index is 5.41. The first kappa shape index (κ1) is 11.2. The first-order chi connectivity index (χ1) is 8.43. The molecule has 0 radical (unpaired) electrons. The fraction of sp³-hybridized carbons (Fsp3) is 0.571. The van der Waals surface area contributed by atoms with Gasteiger partial charge in [0.25, 0.3) is 0 Å². The molecule has 0 saturated carbocycles. The highest BCUT2D eigenvalue weighted by molar-refractivity contribution is 5.34. The van der Waals surface area contributed by atoms with E-state index >= 15 is 0 Å². The zero-order chi connectivity index (χ0) is 11.5. The number of aryl methyl sites for hydroxylation is 1. The van der Waals surface area contributed by atoms with Gasteiger partial charge in [-0.3, -0.25) is 10.6 Å². The molecular formula is C14H20N2O. The van der Waals surface area contributed by atoms with Crippen LogP contribution in [0.4, 0.5) is 0 Å². The lowest BCUT2D eigenvalue weighted by Gasteiger charge is -2.22. The molecule has 1 aromatic carbocycles. The fourth-order valence-corrected chi connectivity index (χ4v) is 2.84. The van der Waals surface area contributed by atoms with Gasteiger partial charge in [-0.1, -0.05) is 24.3 Å². The van der Waals surface area contributed by atoms with E-state index in [2.05, 4.69) is 34.9 Å². The highest BCUT2D eigenvalue weighted by Crippen LogP contribution is 2.31. The molecule has 1 aliphatic heterocycles. The van der Waals surface area contributed by atoms with Crippen LogP contribution in [0.25, 0.3) is 0 Å². The first-order valence-electron chi connectivity index (χ1n) is 6.58. The van der Waals surface area contributed by atoms with Gasteiger partial charge in [-0.2, -0.15) is 0 Å². The molecule has 0 amide bonds. The molecule has 2 aliphatic rings. The van der Waals surface area contributed by atoms with Crippen LogP contribution in [-0.2, 0) is 11.2 Å². The van der Waals surface area contributed by atoms with Gasteiger partial charge in [0.15, 0.2) is 0 Å². The molecule has 2 atom stereocenters. The first-order valence-corrected chi connectivity index (χ1v) is 6.58. The Morgan fingerprint density at radius 2 is 2.18 bits per heavy atom. The summed E-state index contributed by atoms with van der Waals surface area (Å²) in [5, 5.41) is 7.13. The van der Waals surface area contributed by atoms with E-state index in [1.165, 1.54) is 24.0 Å². The van der Waals surface area contributed by atoms with Gasteiger partial charge < -0.3 is 4.74 Å². The third-order valence-corrected chi connectivity index (χ3v) is 3.75. The third-order valence-electron chi connectivity index (χ3n) is 3.75. The van der Waals surface area contributed by atoms with Crippen molar-refractivity contribution in [3.63, 3.8) is 0 Å². The minimum absolute atomic E-state index is 0.397. The molecule has 1 heterocycles. The summed E-state index contributed by atoms with van der Waals surface area (Å²) >= 11 is 0. The molecule has 92 valence electrons. The number of fused-ring (bicyclic) bond motifs is 1. The molecule has 1 fully saturated rings. The molecule has 1 aromatic rings. The summed E-state index contributed by atoms with van der Waals surface area (Å²) in [6.45, 7) is 1.55. The predicted octanol–water partition coefficient (Wildman–Crippen LogP) is 1.95. The van der Waals surface area contributed by atoms with Crippen molar-refractivity contribution < 1.29 is 4.74 Å². The normalized spacial score (nSPS) is 28.7. The van der Waals surface area contributed by atoms with E-state index in [4.69, 9.17) is 4.74 Å². The predicted molar refractivity (Wildman–Crippen MR) is 67.6 cm³/mol. The van der Waals surface area contributed by atoms with E-state index in [-0.39, 0.29) is 0 Å². The maximum absolute atomic E-state index is 5.41. The number of benzene rings is 1. The van der Waals surface area contributed by atoms with E-state index in [9.17, 15) is 0 Å². The van der Waals surface area contributed by atoms with Crippen molar-refractivity contribution in [1.82, 2.24) is 10.6 Å². The largest absolute Gasteiger partial charge is 0.366 e. The number of ether oxygens (including phenoxy) is 1. The van der Waals surface area contributed by atoms with Gasteiger partial charge in [-0.15, -0.1) is 0 Å². The number of nitrogens with one attached hydrogen (secondary N) is 2. The van der Waals surface area contributed by atoms with Gasteiger partial charge >= 0.3 is 0 Å². The van der Waals surface area contributed by atoms with Gasteiger partial charge in [0, 0.05) is 12.6 Å². The Bertz CT molecular complexity index is 372. The van der Waals surface area contributed by atoms with Crippen molar-refractivity contribution in [3.05, 3.63) is 35.4 Å². The Kier molecular flexibility index (Phi) is 3.41. The minimum Gasteiger partial charge on any atom is -0.366 e. The molecule has 3 nitrogen and oxygen atoms in total. The van der Waals surface area contributed by atoms with Crippen LogP contribution in [0.15, 0.2) is 24.3 Å². The number of rotatable bonds is 2. The molecule has 17 heavy (non-hydrogen) atoms. The summed E-state index contributed by atoms with van der Waals surface area (Å²) in [6.07, 6.45) is 5.11. The Morgan fingerprint density at radius 1 is 1.24 bits per heavy atom. The quantitative estimate of drug-likeness (QED) is 0.817. The molecule has 3 heteroatoms. The van der Waals surface area contributed by atoms with Gasteiger partial charge in [-0.05, 0) is 36.8 Å². The van der Waals surface area contributed by atoms with Crippen LogP contribution >= 0.6 is 0 Å².